The van der Waals surface area contributed by atoms with E-state index in [-0.39, 0.29) is 0 Å². The minimum Gasteiger partial charge on any atom is -0.295 e. The molecule has 0 heterocycles. The molecule has 1 aliphatic rings. The van der Waals surface area contributed by atoms with Gasteiger partial charge in [-0.25, -0.2) is 0 Å². The molecule has 0 spiro atoms. The molecule has 0 bridgehead atoms. The minimum absolute atomic E-state index is 0.342. The molecule has 12 heavy (non-hydrogen) atoms. The first kappa shape index (κ1) is 9.24. The number of allylic oxidation sites excluding steroid dienone is 4. The van der Waals surface area contributed by atoms with Crippen molar-refractivity contribution in [1.29, 1.82) is 0 Å². The zero-order valence-corrected chi connectivity index (χ0v) is 7.89. The average molecular weight is 164 g/mol. The van der Waals surface area contributed by atoms with E-state index in [9.17, 15) is 4.79 Å². The van der Waals surface area contributed by atoms with Crippen LogP contribution < -0.4 is 0 Å². The van der Waals surface area contributed by atoms with E-state index in [0.29, 0.717) is 5.78 Å². The molecule has 1 heteroatoms. The van der Waals surface area contributed by atoms with Crippen molar-refractivity contribution < 1.29 is 4.79 Å². The first-order chi connectivity index (χ1) is 5.75. The van der Waals surface area contributed by atoms with Crippen LogP contribution >= 0.6 is 0 Å². The summed E-state index contributed by atoms with van der Waals surface area (Å²) in [5, 5.41) is 0. The summed E-state index contributed by atoms with van der Waals surface area (Å²) in [5.41, 5.74) is 2.35. The fourth-order valence-corrected chi connectivity index (χ4v) is 1.48. The summed E-state index contributed by atoms with van der Waals surface area (Å²) in [7, 11) is 0. The topological polar surface area (TPSA) is 17.1 Å². The minimum atomic E-state index is 0.342. The molecule has 0 N–H and O–H groups in total. The third kappa shape index (κ3) is 2.07. The predicted octanol–water partition coefficient (Wildman–Crippen LogP) is 3.02. The van der Waals surface area contributed by atoms with Gasteiger partial charge in [0, 0.05) is 6.42 Å². The molecule has 0 saturated carbocycles. The molecule has 0 aromatic carbocycles. The monoisotopic (exact) mass is 164 g/mol. The molecule has 0 aromatic rings. The molecule has 1 aliphatic carbocycles. The second-order valence-electron chi connectivity index (χ2n) is 3.24. The highest BCUT2D eigenvalue weighted by Crippen LogP contribution is 2.25. The Morgan fingerprint density at radius 3 is 2.58 bits per heavy atom. The van der Waals surface area contributed by atoms with Crippen LogP contribution in [0.5, 0.6) is 0 Å². The molecule has 0 saturated heterocycles. The molecule has 0 amide bonds. The summed E-state index contributed by atoms with van der Waals surface area (Å²) in [6, 6.07) is 0. The van der Waals surface area contributed by atoms with Crippen LogP contribution in [0.3, 0.4) is 0 Å². The van der Waals surface area contributed by atoms with E-state index in [2.05, 4.69) is 19.1 Å². The number of rotatable bonds is 3. The molecule has 0 fully saturated rings. The summed E-state index contributed by atoms with van der Waals surface area (Å²) in [5.74, 6) is 0.342. The maximum Gasteiger partial charge on any atom is 0.158 e. The maximum atomic E-state index is 11.1. The first-order valence-corrected chi connectivity index (χ1v) is 4.62. The normalized spacial score (nSPS) is 18.3. The quantitative estimate of drug-likeness (QED) is 0.586. The van der Waals surface area contributed by atoms with E-state index in [4.69, 9.17) is 0 Å². The lowest BCUT2D eigenvalue weighted by Crippen LogP contribution is -1.90. The first-order valence-electron chi connectivity index (χ1n) is 4.62. The smallest absolute Gasteiger partial charge is 0.158 e. The van der Waals surface area contributed by atoms with Gasteiger partial charge in [-0.3, -0.25) is 4.79 Å². The molecule has 66 valence electrons. The summed E-state index contributed by atoms with van der Waals surface area (Å²) in [4.78, 5) is 11.1. The van der Waals surface area contributed by atoms with Gasteiger partial charge in [0.05, 0.1) is 0 Å². The van der Waals surface area contributed by atoms with Crippen LogP contribution in [-0.2, 0) is 4.79 Å². The highest BCUT2D eigenvalue weighted by atomic mass is 16.1. The van der Waals surface area contributed by atoms with Gasteiger partial charge in [0.1, 0.15) is 0 Å². The highest BCUT2D eigenvalue weighted by Gasteiger charge is 2.17. The number of hydrogen-bond acceptors (Lipinski definition) is 1. The van der Waals surface area contributed by atoms with Crippen LogP contribution in [0, 0.1) is 0 Å². The van der Waals surface area contributed by atoms with Crippen molar-refractivity contribution in [1.82, 2.24) is 0 Å². The van der Waals surface area contributed by atoms with Crippen LogP contribution in [0.4, 0.5) is 0 Å². The fraction of sp³-hybridized carbons (Fsp3) is 0.545. The predicted molar refractivity (Wildman–Crippen MR) is 51.0 cm³/mol. The second kappa shape index (κ2) is 4.24. The standard InChI is InChI=1S/C11H16O/c1-3-4-5-6-10-7-8-11(12)9(10)2/h4-5H,3,6-8H2,1-2H3/b5-4+. The molecule has 1 nitrogen and oxygen atoms in total. The van der Waals surface area contributed by atoms with E-state index >= 15 is 0 Å². The van der Waals surface area contributed by atoms with Crippen LogP contribution in [0.15, 0.2) is 23.3 Å². The van der Waals surface area contributed by atoms with Crippen molar-refractivity contribution in [2.75, 3.05) is 0 Å². The Labute approximate surface area is 74.2 Å². The molecule has 0 unspecified atom stereocenters. The Balaban J connectivity index is 2.52. The number of ketones is 1. The third-order valence-electron chi connectivity index (χ3n) is 2.37. The van der Waals surface area contributed by atoms with Crippen molar-refractivity contribution in [2.45, 2.75) is 39.5 Å². The van der Waals surface area contributed by atoms with Crippen molar-refractivity contribution in [2.24, 2.45) is 0 Å². The van der Waals surface area contributed by atoms with Gasteiger partial charge in [-0.05, 0) is 31.8 Å². The zero-order valence-electron chi connectivity index (χ0n) is 7.89. The van der Waals surface area contributed by atoms with Gasteiger partial charge in [-0.1, -0.05) is 24.6 Å². The molecule has 0 radical (unpaired) electrons. The van der Waals surface area contributed by atoms with Crippen LogP contribution in [0.1, 0.15) is 39.5 Å². The van der Waals surface area contributed by atoms with Gasteiger partial charge in [-0.15, -0.1) is 0 Å². The van der Waals surface area contributed by atoms with E-state index in [1.807, 2.05) is 6.92 Å². The fourth-order valence-electron chi connectivity index (χ4n) is 1.48. The molecule has 0 aromatic heterocycles. The Morgan fingerprint density at radius 2 is 2.08 bits per heavy atom. The van der Waals surface area contributed by atoms with E-state index in [1.165, 1.54) is 5.57 Å². The van der Waals surface area contributed by atoms with E-state index in [0.717, 1.165) is 31.3 Å². The van der Waals surface area contributed by atoms with Gasteiger partial charge in [0.15, 0.2) is 5.78 Å². The average Bonchev–Trinajstić information content (AvgIpc) is 2.36. The van der Waals surface area contributed by atoms with E-state index in [1.54, 1.807) is 0 Å². The van der Waals surface area contributed by atoms with E-state index < -0.39 is 0 Å². The van der Waals surface area contributed by atoms with Crippen molar-refractivity contribution in [3.8, 4) is 0 Å². The van der Waals surface area contributed by atoms with Gasteiger partial charge >= 0.3 is 0 Å². The Bertz CT molecular complexity index is 233. The van der Waals surface area contributed by atoms with Crippen molar-refractivity contribution in [3.05, 3.63) is 23.3 Å². The third-order valence-corrected chi connectivity index (χ3v) is 2.37. The molecular weight excluding hydrogens is 148 g/mol. The number of carbonyl (C=O) groups is 1. The molecule has 0 aliphatic heterocycles. The highest BCUT2D eigenvalue weighted by molar-refractivity contribution is 5.98. The lowest BCUT2D eigenvalue weighted by Gasteiger charge is -1.96. The van der Waals surface area contributed by atoms with Crippen LogP contribution in [0.25, 0.3) is 0 Å². The Morgan fingerprint density at radius 1 is 1.33 bits per heavy atom. The van der Waals surface area contributed by atoms with Crippen LogP contribution in [0.2, 0.25) is 0 Å². The largest absolute Gasteiger partial charge is 0.295 e. The molecule has 1 rings (SSSR count). The van der Waals surface area contributed by atoms with Gasteiger partial charge in [-0.2, -0.15) is 0 Å². The molecular formula is C11H16O. The Kier molecular flexibility index (Phi) is 3.27. The Hall–Kier alpha value is -0.850. The van der Waals surface area contributed by atoms with Gasteiger partial charge < -0.3 is 0 Å². The summed E-state index contributed by atoms with van der Waals surface area (Å²) < 4.78 is 0. The summed E-state index contributed by atoms with van der Waals surface area (Å²) in [6.45, 7) is 4.07. The number of Topliss-reactive ketones (excluding diaryl/α,β-unsaturated/α-hetero) is 1. The summed E-state index contributed by atoms with van der Waals surface area (Å²) >= 11 is 0. The molecule has 0 atom stereocenters. The lowest BCUT2D eigenvalue weighted by molar-refractivity contribution is -0.114. The van der Waals surface area contributed by atoms with Gasteiger partial charge in [0.25, 0.3) is 0 Å². The lowest BCUT2D eigenvalue weighted by atomic mass is 10.1. The number of hydrogen-bond donors (Lipinski definition) is 0. The summed E-state index contributed by atoms with van der Waals surface area (Å²) in [6.07, 6.45) is 8.10. The second-order valence-corrected chi connectivity index (χ2v) is 3.24. The van der Waals surface area contributed by atoms with Crippen LogP contribution in [-0.4, -0.2) is 5.78 Å². The van der Waals surface area contributed by atoms with Gasteiger partial charge in [0.2, 0.25) is 0 Å². The zero-order chi connectivity index (χ0) is 8.97. The SMILES string of the molecule is CC/C=C/CC1=C(C)C(=O)CC1. The number of carbonyl (C=O) groups excluding carboxylic acids is 1. The van der Waals surface area contributed by atoms with Crippen molar-refractivity contribution in [3.63, 3.8) is 0 Å². The maximum absolute atomic E-state index is 11.1. The van der Waals surface area contributed by atoms with Crippen molar-refractivity contribution >= 4 is 5.78 Å².